The van der Waals surface area contributed by atoms with Gasteiger partial charge in [0.15, 0.2) is 5.78 Å². The highest BCUT2D eigenvalue weighted by Crippen LogP contribution is 2.35. The number of carbonyl (C=O) groups excluding carboxylic acids is 4. The molecule has 1 aliphatic carbocycles. The number of nitrogens with zero attached hydrogens (tertiary/aromatic N) is 1. The summed E-state index contributed by atoms with van der Waals surface area (Å²) in [5.74, 6) is -1.54. The molecule has 3 amide bonds. The average molecular weight is 340 g/mol. The van der Waals surface area contributed by atoms with Crippen molar-refractivity contribution >= 4 is 29.2 Å². The van der Waals surface area contributed by atoms with E-state index in [0.717, 1.165) is 4.90 Å². The second-order valence-corrected chi connectivity index (χ2v) is 6.32. The average Bonchev–Trinajstić information content (AvgIpc) is 2.87. The normalized spacial score (nSPS) is 22.0. The van der Waals surface area contributed by atoms with Crippen LogP contribution in [0.1, 0.15) is 36.5 Å². The Morgan fingerprint density at radius 1 is 1.04 bits per heavy atom. The molecule has 0 radical (unpaired) electrons. The Bertz CT molecular complexity index is 725. The zero-order valence-corrected chi connectivity index (χ0v) is 14.0. The molecule has 25 heavy (non-hydrogen) atoms. The number of benzene rings is 1. The summed E-state index contributed by atoms with van der Waals surface area (Å²) in [4.78, 5) is 49.7. The van der Waals surface area contributed by atoms with Crippen LogP contribution in [0.2, 0.25) is 0 Å². The van der Waals surface area contributed by atoms with Crippen molar-refractivity contribution in [3.05, 3.63) is 42.0 Å². The lowest BCUT2D eigenvalue weighted by Crippen LogP contribution is -2.36. The maximum absolute atomic E-state index is 12.4. The van der Waals surface area contributed by atoms with Crippen molar-refractivity contribution in [1.29, 1.82) is 0 Å². The number of hydrogen-bond donors (Lipinski definition) is 1. The molecule has 6 heteroatoms. The van der Waals surface area contributed by atoms with Crippen LogP contribution in [0.4, 0.5) is 5.69 Å². The zero-order valence-electron chi connectivity index (χ0n) is 14.0. The fraction of sp³-hybridized carbons (Fsp3) is 0.368. The van der Waals surface area contributed by atoms with E-state index in [-0.39, 0.29) is 41.9 Å². The second kappa shape index (κ2) is 7.01. The van der Waals surface area contributed by atoms with Crippen molar-refractivity contribution in [2.45, 2.75) is 26.2 Å². The third-order valence-electron chi connectivity index (χ3n) is 4.71. The van der Waals surface area contributed by atoms with Crippen LogP contribution in [-0.2, 0) is 14.4 Å². The van der Waals surface area contributed by atoms with Gasteiger partial charge in [-0.15, -0.1) is 0 Å². The summed E-state index contributed by atoms with van der Waals surface area (Å²) >= 11 is 0. The molecular weight excluding hydrogens is 320 g/mol. The van der Waals surface area contributed by atoms with E-state index >= 15 is 0 Å². The number of nitrogens with one attached hydrogen (secondary N) is 1. The third kappa shape index (κ3) is 3.38. The highest BCUT2D eigenvalue weighted by Gasteiger charge is 2.47. The Kier molecular flexibility index (Phi) is 4.79. The van der Waals surface area contributed by atoms with E-state index in [1.165, 1.54) is 0 Å². The first kappa shape index (κ1) is 17.1. The number of likely N-dealkylation sites (tertiary alicyclic amines) is 1. The third-order valence-corrected chi connectivity index (χ3v) is 4.71. The maximum Gasteiger partial charge on any atom is 0.233 e. The zero-order chi connectivity index (χ0) is 18.0. The molecule has 130 valence electrons. The molecule has 0 aromatic heterocycles. The number of rotatable bonds is 5. The van der Waals surface area contributed by atoms with Gasteiger partial charge in [0.25, 0.3) is 0 Å². The van der Waals surface area contributed by atoms with Crippen LogP contribution >= 0.6 is 0 Å². The summed E-state index contributed by atoms with van der Waals surface area (Å²) in [6.45, 7) is 1.52. The summed E-state index contributed by atoms with van der Waals surface area (Å²) in [6, 6.07) is 6.46. The van der Waals surface area contributed by atoms with Crippen molar-refractivity contribution in [2.24, 2.45) is 11.8 Å². The van der Waals surface area contributed by atoms with E-state index in [1.807, 2.05) is 12.2 Å². The summed E-state index contributed by atoms with van der Waals surface area (Å²) in [7, 11) is 0. The molecule has 2 aliphatic rings. The number of anilines is 1. The number of ketones is 1. The molecular formula is C19H20N2O4. The Morgan fingerprint density at radius 2 is 1.60 bits per heavy atom. The fourth-order valence-corrected chi connectivity index (χ4v) is 3.25. The molecule has 1 N–H and O–H groups in total. The molecule has 1 fully saturated rings. The number of carbonyl (C=O) groups is 4. The summed E-state index contributed by atoms with van der Waals surface area (Å²) in [5, 5.41) is 2.70. The number of fused-ring (bicyclic) bond motifs is 1. The molecule has 0 bridgehead atoms. The lowest BCUT2D eigenvalue weighted by atomic mass is 9.85. The molecule has 1 aromatic carbocycles. The molecule has 2 atom stereocenters. The van der Waals surface area contributed by atoms with Crippen molar-refractivity contribution in [3.8, 4) is 0 Å². The van der Waals surface area contributed by atoms with Gasteiger partial charge < -0.3 is 5.32 Å². The Hall–Kier alpha value is -2.76. The van der Waals surface area contributed by atoms with E-state index in [1.54, 1.807) is 31.2 Å². The minimum atomic E-state index is -0.322. The molecule has 0 spiro atoms. The van der Waals surface area contributed by atoms with E-state index in [4.69, 9.17) is 0 Å². The van der Waals surface area contributed by atoms with Crippen molar-refractivity contribution in [3.63, 3.8) is 0 Å². The standard InChI is InChI=1S/C19H20N2O4/c1-2-17(23)20-13-9-7-12(8-10-13)16(22)11-21-18(24)14-5-3-4-6-15(14)19(21)25/h3-4,7-10,14-15H,2,5-6,11H2,1H3,(H,20,23). The van der Waals surface area contributed by atoms with Gasteiger partial charge in [-0.2, -0.15) is 0 Å². The van der Waals surface area contributed by atoms with Crippen LogP contribution in [0.15, 0.2) is 36.4 Å². The SMILES string of the molecule is CCC(=O)Nc1ccc(C(=O)CN2C(=O)C3CC=CCC3C2=O)cc1. The predicted octanol–water partition coefficient (Wildman–Crippen LogP) is 2.17. The first-order valence-corrected chi connectivity index (χ1v) is 8.44. The fourth-order valence-electron chi connectivity index (χ4n) is 3.25. The van der Waals surface area contributed by atoms with E-state index in [9.17, 15) is 19.2 Å². The van der Waals surface area contributed by atoms with Crippen LogP contribution in [0.5, 0.6) is 0 Å². The van der Waals surface area contributed by atoms with Crippen molar-refractivity contribution in [2.75, 3.05) is 11.9 Å². The summed E-state index contributed by atoms with van der Waals surface area (Å²) < 4.78 is 0. The lowest BCUT2D eigenvalue weighted by molar-refractivity contribution is -0.139. The summed E-state index contributed by atoms with van der Waals surface area (Å²) in [5.41, 5.74) is 1.01. The van der Waals surface area contributed by atoms with Gasteiger partial charge in [-0.1, -0.05) is 19.1 Å². The molecule has 1 heterocycles. The number of amides is 3. The Balaban J connectivity index is 1.67. The monoisotopic (exact) mass is 340 g/mol. The van der Waals surface area contributed by atoms with Gasteiger partial charge in [-0.3, -0.25) is 24.1 Å². The van der Waals surface area contributed by atoms with Crippen LogP contribution < -0.4 is 5.32 Å². The van der Waals surface area contributed by atoms with Gasteiger partial charge in [0.05, 0.1) is 18.4 Å². The van der Waals surface area contributed by atoms with Crippen LogP contribution in [0.25, 0.3) is 0 Å². The van der Waals surface area contributed by atoms with Gasteiger partial charge in [0, 0.05) is 17.7 Å². The molecule has 3 rings (SSSR count). The largest absolute Gasteiger partial charge is 0.326 e. The van der Waals surface area contributed by atoms with Gasteiger partial charge in [0.2, 0.25) is 17.7 Å². The van der Waals surface area contributed by atoms with E-state index < -0.39 is 0 Å². The predicted molar refractivity (Wildman–Crippen MR) is 91.8 cm³/mol. The molecule has 6 nitrogen and oxygen atoms in total. The molecule has 2 unspecified atom stereocenters. The minimum absolute atomic E-state index is 0.108. The molecule has 1 aliphatic heterocycles. The number of hydrogen-bond acceptors (Lipinski definition) is 4. The topological polar surface area (TPSA) is 83.6 Å². The van der Waals surface area contributed by atoms with Crippen molar-refractivity contribution in [1.82, 2.24) is 4.90 Å². The summed E-state index contributed by atoms with van der Waals surface area (Å²) in [6.07, 6.45) is 5.33. The number of Topliss-reactive ketones (excluding diaryl/α,β-unsaturated/α-hetero) is 1. The van der Waals surface area contributed by atoms with Crippen molar-refractivity contribution < 1.29 is 19.2 Å². The Morgan fingerprint density at radius 3 is 2.12 bits per heavy atom. The molecule has 1 saturated heterocycles. The molecule has 1 aromatic rings. The highest BCUT2D eigenvalue weighted by molar-refractivity contribution is 6.10. The van der Waals surface area contributed by atoms with Crippen LogP contribution in [-0.4, -0.2) is 34.9 Å². The highest BCUT2D eigenvalue weighted by atomic mass is 16.2. The lowest BCUT2D eigenvalue weighted by Gasteiger charge is -2.14. The van der Waals surface area contributed by atoms with Gasteiger partial charge in [-0.25, -0.2) is 0 Å². The van der Waals surface area contributed by atoms with Gasteiger partial charge >= 0.3 is 0 Å². The van der Waals surface area contributed by atoms with E-state index in [0.29, 0.717) is 30.5 Å². The number of allylic oxidation sites excluding steroid dienone is 2. The Labute approximate surface area is 145 Å². The smallest absolute Gasteiger partial charge is 0.233 e. The van der Waals surface area contributed by atoms with Crippen LogP contribution in [0.3, 0.4) is 0 Å². The quantitative estimate of drug-likeness (QED) is 0.506. The second-order valence-electron chi connectivity index (χ2n) is 6.32. The van der Waals surface area contributed by atoms with Gasteiger partial charge in [-0.05, 0) is 37.1 Å². The first-order chi connectivity index (χ1) is 12.0. The van der Waals surface area contributed by atoms with Gasteiger partial charge in [0.1, 0.15) is 0 Å². The van der Waals surface area contributed by atoms with Crippen LogP contribution in [0, 0.1) is 11.8 Å². The maximum atomic E-state index is 12.4. The minimum Gasteiger partial charge on any atom is -0.326 e. The molecule has 0 saturated carbocycles. The number of imide groups is 1. The van der Waals surface area contributed by atoms with E-state index in [2.05, 4.69) is 5.32 Å². The first-order valence-electron chi connectivity index (χ1n) is 8.44.